The first-order valence-electron chi connectivity index (χ1n) is 9.13. The molecule has 0 aromatic heterocycles. The molecule has 2 amide bonds. The molecule has 0 bridgehead atoms. The number of nitrogens with one attached hydrogen (secondary N) is 1. The summed E-state index contributed by atoms with van der Waals surface area (Å²) in [4.78, 5) is 26.3. The van der Waals surface area contributed by atoms with Crippen LogP contribution in [-0.4, -0.2) is 57.1 Å². The molecule has 2 rings (SSSR count). The zero-order chi connectivity index (χ0) is 21.8. The molecule has 0 spiro atoms. The molecule has 0 saturated heterocycles. The molecule has 0 saturated carbocycles. The third kappa shape index (κ3) is 5.65. The maximum Gasteiger partial charge on any atom is 0.251 e. The third-order valence-electron chi connectivity index (χ3n) is 4.61. The van der Waals surface area contributed by atoms with Crippen molar-refractivity contribution >= 4 is 21.8 Å². The monoisotopic (exact) mass is 417 g/mol. The van der Waals surface area contributed by atoms with Gasteiger partial charge in [0.05, 0.1) is 11.4 Å². The molecule has 1 N–H and O–H groups in total. The van der Waals surface area contributed by atoms with Crippen LogP contribution >= 0.6 is 0 Å². The van der Waals surface area contributed by atoms with Gasteiger partial charge in [0.25, 0.3) is 5.91 Å². The molecule has 0 fully saturated rings. The molecule has 0 heterocycles. The van der Waals surface area contributed by atoms with Gasteiger partial charge in [-0.1, -0.05) is 29.8 Å². The first-order valence-corrected chi connectivity index (χ1v) is 10.6. The van der Waals surface area contributed by atoms with Gasteiger partial charge in [0.2, 0.25) is 15.9 Å². The number of benzene rings is 2. The minimum absolute atomic E-state index is 0.0217. The van der Waals surface area contributed by atoms with Gasteiger partial charge >= 0.3 is 0 Å². The van der Waals surface area contributed by atoms with E-state index in [4.69, 9.17) is 0 Å². The number of aryl methyl sites for hydroxylation is 2. The fraction of sp³-hybridized carbons (Fsp3) is 0.333. The van der Waals surface area contributed by atoms with Crippen LogP contribution in [0.3, 0.4) is 0 Å². The van der Waals surface area contributed by atoms with Crippen LogP contribution < -0.4 is 5.32 Å². The van der Waals surface area contributed by atoms with Crippen LogP contribution in [0.15, 0.2) is 47.4 Å². The Bertz CT molecular complexity index is 1020. The molecule has 156 valence electrons. The topological polar surface area (TPSA) is 86.8 Å². The SMILES string of the molecule is Cc1ccc(CN(C)C(=O)CNC(=O)c2cccc(S(=O)(=O)N(C)C)c2)c(C)c1. The van der Waals surface area contributed by atoms with Crippen molar-refractivity contribution in [2.24, 2.45) is 0 Å². The minimum atomic E-state index is -3.64. The zero-order valence-electron chi connectivity index (χ0n) is 17.4. The van der Waals surface area contributed by atoms with Gasteiger partial charge in [0.15, 0.2) is 0 Å². The molecule has 8 heteroatoms. The molecule has 7 nitrogen and oxygen atoms in total. The average molecular weight is 418 g/mol. The predicted molar refractivity (Wildman–Crippen MR) is 112 cm³/mol. The largest absolute Gasteiger partial charge is 0.343 e. The van der Waals surface area contributed by atoms with Gasteiger partial charge in [-0.15, -0.1) is 0 Å². The van der Waals surface area contributed by atoms with Crippen molar-refractivity contribution < 1.29 is 18.0 Å². The first-order chi connectivity index (χ1) is 13.5. The van der Waals surface area contributed by atoms with Crippen molar-refractivity contribution in [1.29, 1.82) is 0 Å². The number of hydrogen-bond acceptors (Lipinski definition) is 4. The molecule has 0 atom stereocenters. The molecule has 0 aliphatic rings. The van der Waals surface area contributed by atoms with Crippen LogP contribution in [0, 0.1) is 13.8 Å². The molecular formula is C21H27N3O4S. The smallest absolute Gasteiger partial charge is 0.251 e. The number of hydrogen-bond donors (Lipinski definition) is 1. The normalized spacial score (nSPS) is 11.4. The molecule has 0 unspecified atom stereocenters. The van der Waals surface area contributed by atoms with E-state index in [-0.39, 0.29) is 22.9 Å². The van der Waals surface area contributed by atoms with Crippen molar-refractivity contribution in [2.75, 3.05) is 27.7 Å². The summed E-state index contributed by atoms with van der Waals surface area (Å²) in [6, 6.07) is 11.8. The Balaban J connectivity index is 2.00. The number of nitrogens with zero attached hydrogens (tertiary/aromatic N) is 2. The van der Waals surface area contributed by atoms with Gasteiger partial charge < -0.3 is 10.2 Å². The summed E-state index contributed by atoms with van der Waals surface area (Å²) in [5.41, 5.74) is 3.48. The minimum Gasteiger partial charge on any atom is -0.343 e. The highest BCUT2D eigenvalue weighted by Crippen LogP contribution is 2.15. The molecular weight excluding hydrogens is 390 g/mol. The lowest BCUT2D eigenvalue weighted by molar-refractivity contribution is -0.129. The zero-order valence-corrected chi connectivity index (χ0v) is 18.2. The summed E-state index contributed by atoms with van der Waals surface area (Å²) in [5, 5.41) is 2.56. The maximum absolute atomic E-state index is 12.4. The van der Waals surface area contributed by atoms with Crippen molar-refractivity contribution in [1.82, 2.24) is 14.5 Å². The average Bonchev–Trinajstić information content (AvgIpc) is 2.67. The molecule has 29 heavy (non-hydrogen) atoms. The van der Waals surface area contributed by atoms with Crippen molar-refractivity contribution in [3.63, 3.8) is 0 Å². The highest BCUT2D eigenvalue weighted by molar-refractivity contribution is 7.89. The Morgan fingerprint density at radius 2 is 1.69 bits per heavy atom. The Morgan fingerprint density at radius 3 is 2.31 bits per heavy atom. The van der Waals surface area contributed by atoms with E-state index < -0.39 is 15.9 Å². The first kappa shape index (κ1) is 22.6. The fourth-order valence-corrected chi connectivity index (χ4v) is 3.72. The van der Waals surface area contributed by atoms with Gasteiger partial charge in [0, 0.05) is 33.3 Å². The summed E-state index contributed by atoms with van der Waals surface area (Å²) >= 11 is 0. The Morgan fingerprint density at radius 1 is 1.00 bits per heavy atom. The fourth-order valence-electron chi connectivity index (χ4n) is 2.77. The van der Waals surface area contributed by atoms with E-state index in [1.807, 2.05) is 26.0 Å². The number of carbonyl (C=O) groups excluding carboxylic acids is 2. The van der Waals surface area contributed by atoms with Crippen LogP contribution in [0.1, 0.15) is 27.0 Å². The summed E-state index contributed by atoms with van der Waals surface area (Å²) < 4.78 is 25.5. The second-order valence-electron chi connectivity index (χ2n) is 7.18. The Hall–Kier alpha value is -2.71. The highest BCUT2D eigenvalue weighted by Gasteiger charge is 2.19. The highest BCUT2D eigenvalue weighted by atomic mass is 32.2. The third-order valence-corrected chi connectivity index (χ3v) is 6.42. The van der Waals surface area contributed by atoms with E-state index in [2.05, 4.69) is 11.4 Å². The van der Waals surface area contributed by atoms with Gasteiger partial charge in [-0.3, -0.25) is 9.59 Å². The lowest BCUT2D eigenvalue weighted by Crippen LogP contribution is -2.38. The van der Waals surface area contributed by atoms with E-state index in [9.17, 15) is 18.0 Å². The van der Waals surface area contributed by atoms with Crippen LogP contribution in [0.4, 0.5) is 0 Å². The van der Waals surface area contributed by atoms with Gasteiger partial charge in [-0.2, -0.15) is 0 Å². The van der Waals surface area contributed by atoms with E-state index >= 15 is 0 Å². The number of rotatable bonds is 7. The van der Waals surface area contributed by atoms with Crippen LogP contribution in [0.2, 0.25) is 0 Å². The van der Waals surface area contributed by atoms with Crippen LogP contribution in [0.5, 0.6) is 0 Å². The summed E-state index contributed by atoms with van der Waals surface area (Å²) in [6.45, 7) is 4.28. The number of amides is 2. The second kappa shape index (κ2) is 9.19. The maximum atomic E-state index is 12.4. The predicted octanol–water partition coefficient (Wildman–Crippen LogP) is 1.94. The van der Waals surface area contributed by atoms with Crippen LogP contribution in [-0.2, 0) is 21.4 Å². The van der Waals surface area contributed by atoms with Crippen molar-refractivity contribution in [2.45, 2.75) is 25.3 Å². The lowest BCUT2D eigenvalue weighted by atomic mass is 10.1. The summed E-state index contributed by atoms with van der Waals surface area (Å²) in [6.07, 6.45) is 0. The van der Waals surface area contributed by atoms with Crippen LogP contribution in [0.25, 0.3) is 0 Å². The summed E-state index contributed by atoms with van der Waals surface area (Å²) in [7, 11) is 0.883. The van der Waals surface area contributed by atoms with Gasteiger partial charge in [-0.25, -0.2) is 12.7 Å². The molecule has 0 aliphatic carbocycles. The Kier molecular flexibility index (Phi) is 7.16. The molecule has 2 aromatic rings. The van der Waals surface area contributed by atoms with Gasteiger partial charge in [-0.05, 0) is 43.2 Å². The van der Waals surface area contributed by atoms with E-state index in [0.29, 0.717) is 6.54 Å². The molecule has 0 radical (unpaired) electrons. The standard InChI is InChI=1S/C21H27N3O4S/c1-15-9-10-18(16(2)11-15)14-24(5)20(25)13-22-21(26)17-7-6-8-19(12-17)29(27,28)23(3)4/h6-12H,13-14H2,1-5H3,(H,22,26). The lowest BCUT2D eigenvalue weighted by Gasteiger charge is -2.19. The number of likely N-dealkylation sites (N-methyl/N-ethyl adjacent to an activating group) is 1. The molecule has 0 aliphatic heterocycles. The Labute approximate surface area is 172 Å². The van der Waals surface area contributed by atoms with Crippen molar-refractivity contribution in [3.05, 3.63) is 64.7 Å². The van der Waals surface area contributed by atoms with E-state index in [0.717, 1.165) is 21.0 Å². The quantitative estimate of drug-likeness (QED) is 0.746. The number of sulfonamides is 1. The number of carbonyl (C=O) groups is 2. The van der Waals surface area contributed by atoms with Gasteiger partial charge in [0.1, 0.15) is 0 Å². The molecule has 2 aromatic carbocycles. The van der Waals surface area contributed by atoms with Crippen molar-refractivity contribution in [3.8, 4) is 0 Å². The van der Waals surface area contributed by atoms with E-state index in [1.165, 1.54) is 38.4 Å². The van der Waals surface area contributed by atoms with E-state index in [1.54, 1.807) is 11.9 Å². The second-order valence-corrected chi connectivity index (χ2v) is 9.33. The summed E-state index contributed by atoms with van der Waals surface area (Å²) in [5.74, 6) is -0.746.